The van der Waals surface area contributed by atoms with E-state index in [1.807, 2.05) is 0 Å². The molecule has 0 bridgehead atoms. The summed E-state index contributed by atoms with van der Waals surface area (Å²) in [6.45, 7) is -0.0195. The van der Waals surface area contributed by atoms with Gasteiger partial charge in [0.15, 0.2) is 0 Å². The van der Waals surface area contributed by atoms with E-state index in [4.69, 9.17) is 0 Å². The molecule has 0 aliphatic heterocycles. The Kier molecular flexibility index (Phi) is 7.29. The number of ether oxygens (including phenoxy) is 2. The molecule has 1 N–H and O–H groups in total. The summed E-state index contributed by atoms with van der Waals surface area (Å²) in [6, 6.07) is 6.03. The van der Waals surface area contributed by atoms with Gasteiger partial charge in [0, 0.05) is 5.69 Å². The number of carbonyl (C=O) groups excluding carboxylic acids is 2. The fourth-order valence-electron chi connectivity index (χ4n) is 1.64. The number of hydrogen-bond donors (Lipinski definition) is 2. The van der Waals surface area contributed by atoms with Crippen molar-refractivity contribution in [2.45, 2.75) is 23.4 Å². The third kappa shape index (κ3) is 6.59. The van der Waals surface area contributed by atoms with E-state index in [2.05, 4.69) is 28.7 Å². The Labute approximate surface area is 163 Å². The van der Waals surface area contributed by atoms with Crippen molar-refractivity contribution in [3.05, 3.63) is 42.5 Å². The fraction of sp³-hybridized carbons (Fsp3) is 0.333. The molecule has 1 aromatic rings. The first kappa shape index (κ1) is 24.7. The lowest BCUT2D eigenvalue weighted by atomic mass is 10.2. The standard InChI is InChI=1S/C15H11F8NO4S/c1-8(14(18,19)20)10(25)28-13(15(21,22)23,27-7-12(16,17)29)11(26)24-9-5-3-2-4-6-9/h2-6,29H,1,7H2,(H,24,26). The largest absolute Gasteiger partial charge is 0.466 e. The van der Waals surface area contributed by atoms with Gasteiger partial charge in [-0.3, -0.25) is 4.79 Å². The van der Waals surface area contributed by atoms with E-state index in [1.54, 1.807) is 5.32 Å². The van der Waals surface area contributed by atoms with Crippen molar-refractivity contribution in [3.63, 3.8) is 0 Å². The molecule has 0 fully saturated rings. The van der Waals surface area contributed by atoms with E-state index in [-0.39, 0.29) is 5.69 Å². The molecule has 5 nitrogen and oxygen atoms in total. The van der Waals surface area contributed by atoms with Crippen LogP contribution in [0.5, 0.6) is 0 Å². The normalized spacial score (nSPS) is 14.7. The Morgan fingerprint density at radius 3 is 1.93 bits per heavy atom. The molecule has 1 atom stereocenters. The lowest BCUT2D eigenvalue weighted by Gasteiger charge is -2.34. The minimum Gasteiger partial charge on any atom is -0.412 e. The molecule has 0 saturated heterocycles. The van der Waals surface area contributed by atoms with Crippen molar-refractivity contribution in [3.8, 4) is 0 Å². The molecule has 0 aliphatic rings. The molecule has 1 unspecified atom stereocenters. The van der Waals surface area contributed by atoms with Crippen LogP contribution in [0.15, 0.2) is 42.5 Å². The summed E-state index contributed by atoms with van der Waals surface area (Å²) in [5, 5.41) is -2.70. The number of rotatable bonds is 7. The van der Waals surface area contributed by atoms with Crippen LogP contribution in [0.2, 0.25) is 0 Å². The highest BCUT2D eigenvalue weighted by Crippen LogP contribution is 2.39. The van der Waals surface area contributed by atoms with E-state index in [1.165, 1.54) is 18.2 Å². The average Bonchev–Trinajstić information content (AvgIpc) is 2.55. The second kappa shape index (κ2) is 8.57. The zero-order valence-electron chi connectivity index (χ0n) is 13.9. The zero-order chi connectivity index (χ0) is 22.7. The van der Waals surface area contributed by atoms with E-state index in [0.717, 1.165) is 12.1 Å². The van der Waals surface area contributed by atoms with Crippen molar-refractivity contribution in [1.29, 1.82) is 0 Å². The highest BCUT2D eigenvalue weighted by Gasteiger charge is 2.67. The van der Waals surface area contributed by atoms with Crippen molar-refractivity contribution >= 4 is 30.2 Å². The quantitative estimate of drug-likeness (QED) is 0.215. The summed E-state index contributed by atoms with van der Waals surface area (Å²) in [5.74, 6) is -10.0. The molecule has 1 rings (SSSR count). The van der Waals surface area contributed by atoms with Gasteiger partial charge in [-0.2, -0.15) is 35.1 Å². The lowest BCUT2D eigenvalue weighted by molar-refractivity contribution is -0.351. The highest BCUT2D eigenvalue weighted by molar-refractivity contribution is 7.81. The summed E-state index contributed by atoms with van der Waals surface area (Å²) in [7, 11) is 0. The van der Waals surface area contributed by atoms with E-state index < -0.39 is 47.5 Å². The molecule has 14 heteroatoms. The molecule has 162 valence electrons. The molecular weight excluding hydrogens is 442 g/mol. The highest BCUT2D eigenvalue weighted by atomic mass is 32.1. The van der Waals surface area contributed by atoms with Gasteiger partial charge in [0.25, 0.3) is 0 Å². The minimum atomic E-state index is -6.08. The first-order valence-corrected chi connectivity index (χ1v) is 7.61. The van der Waals surface area contributed by atoms with Crippen LogP contribution in [0.25, 0.3) is 0 Å². The van der Waals surface area contributed by atoms with E-state index in [9.17, 15) is 44.7 Å². The van der Waals surface area contributed by atoms with Gasteiger partial charge in [-0.1, -0.05) is 24.8 Å². The maximum atomic E-state index is 13.6. The monoisotopic (exact) mass is 453 g/mol. The van der Waals surface area contributed by atoms with Crippen molar-refractivity contribution in [2.75, 3.05) is 11.9 Å². The Morgan fingerprint density at radius 2 is 1.52 bits per heavy atom. The molecule has 1 aromatic carbocycles. The number of thiol groups is 1. The number of amides is 1. The predicted molar refractivity (Wildman–Crippen MR) is 85.0 cm³/mol. The van der Waals surface area contributed by atoms with Crippen LogP contribution in [-0.4, -0.2) is 41.9 Å². The molecular formula is C15H11F8NO4S. The predicted octanol–water partition coefficient (Wildman–Crippen LogP) is 4.08. The molecule has 1 amide bonds. The maximum absolute atomic E-state index is 13.6. The van der Waals surface area contributed by atoms with Gasteiger partial charge < -0.3 is 14.8 Å². The van der Waals surface area contributed by atoms with E-state index in [0.29, 0.717) is 0 Å². The molecule has 0 aromatic heterocycles. The fourth-order valence-corrected chi connectivity index (χ4v) is 1.71. The first-order valence-electron chi connectivity index (χ1n) is 7.16. The second-order valence-corrected chi connectivity index (χ2v) is 5.91. The van der Waals surface area contributed by atoms with Gasteiger partial charge in [0.05, 0.1) is 0 Å². The lowest BCUT2D eigenvalue weighted by Crippen LogP contribution is -2.60. The van der Waals surface area contributed by atoms with Gasteiger partial charge >= 0.3 is 35.3 Å². The number of carbonyl (C=O) groups is 2. The molecule has 29 heavy (non-hydrogen) atoms. The van der Waals surface area contributed by atoms with Crippen LogP contribution in [0.3, 0.4) is 0 Å². The Morgan fingerprint density at radius 1 is 1.00 bits per heavy atom. The number of benzene rings is 1. The third-order valence-electron chi connectivity index (χ3n) is 2.98. The van der Waals surface area contributed by atoms with Crippen LogP contribution < -0.4 is 5.32 Å². The summed E-state index contributed by atoms with van der Waals surface area (Å²) in [5.41, 5.74) is -2.77. The Hall–Kier alpha value is -2.35. The van der Waals surface area contributed by atoms with Gasteiger partial charge in [0.1, 0.15) is 12.2 Å². The van der Waals surface area contributed by atoms with Crippen LogP contribution in [0.4, 0.5) is 40.8 Å². The third-order valence-corrected chi connectivity index (χ3v) is 3.11. The van der Waals surface area contributed by atoms with Gasteiger partial charge in [0.2, 0.25) is 0 Å². The summed E-state index contributed by atoms with van der Waals surface area (Å²) < 4.78 is 112. The number of alkyl halides is 8. The summed E-state index contributed by atoms with van der Waals surface area (Å²) in [6.07, 6.45) is -11.6. The topological polar surface area (TPSA) is 64.6 Å². The molecule has 0 aliphatic carbocycles. The van der Waals surface area contributed by atoms with Crippen LogP contribution in [0, 0.1) is 0 Å². The van der Waals surface area contributed by atoms with Crippen molar-refractivity contribution in [1.82, 2.24) is 0 Å². The van der Waals surface area contributed by atoms with Crippen molar-refractivity contribution < 1.29 is 54.2 Å². The minimum absolute atomic E-state index is 0.335. The van der Waals surface area contributed by atoms with Crippen LogP contribution in [-0.2, 0) is 19.1 Å². The Bertz CT molecular complexity index is 760. The summed E-state index contributed by atoms with van der Waals surface area (Å²) >= 11 is 2.61. The number of nitrogens with one attached hydrogen (secondary N) is 1. The SMILES string of the molecule is C=C(C(=O)OC(OCC(F)(F)S)(C(=O)Nc1ccccc1)C(F)(F)F)C(F)(F)F. The zero-order valence-corrected chi connectivity index (χ0v) is 14.8. The molecule has 0 radical (unpaired) electrons. The number of halogens is 8. The second-order valence-electron chi connectivity index (χ2n) is 5.25. The Balaban J connectivity index is 3.40. The molecule has 0 spiro atoms. The van der Waals surface area contributed by atoms with E-state index >= 15 is 0 Å². The van der Waals surface area contributed by atoms with Gasteiger partial charge in [-0.05, 0) is 12.1 Å². The number of esters is 1. The van der Waals surface area contributed by atoms with Crippen molar-refractivity contribution in [2.24, 2.45) is 0 Å². The smallest absolute Gasteiger partial charge is 0.412 e. The van der Waals surface area contributed by atoms with Gasteiger partial charge in [-0.15, -0.1) is 12.6 Å². The number of para-hydroxylation sites is 1. The maximum Gasteiger partial charge on any atom is 0.466 e. The van der Waals surface area contributed by atoms with Crippen LogP contribution in [0.1, 0.15) is 0 Å². The average molecular weight is 453 g/mol. The molecule has 0 saturated carbocycles. The van der Waals surface area contributed by atoms with Gasteiger partial charge in [-0.25, -0.2) is 4.79 Å². The first-order chi connectivity index (χ1) is 13.0. The van der Waals surface area contributed by atoms with Crippen LogP contribution >= 0.6 is 12.6 Å². The molecule has 0 heterocycles. The number of hydrogen-bond acceptors (Lipinski definition) is 5. The number of anilines is 1. The summed E-state index contributed by atoms with van der Waals surface area (Å²) in [4.78, 5) is 23.7.